The number of para-hydroxylation sites is 1. The molecule has 4 aliphatic heterocycles. The zero-order chi connectivity index (χ0) is 44.3. The first kappa shape index (κ1) is 41.8. The van der Waals surface area contributed by atoms with Crippen LogP contribution in [0.4, 0.5) is 30.8 Å². The van der Waals surface area contributed by atoms with E-state index in [2.05, 4.69) is 36.1 Å². The number of hydrogen-bond donors (Lipinski definition) is 3. The van der Waals surface area contributed by atoms with E-state index < -0.39 is 30.3 Å². The van der Waals surface area contributed by atoms with Crippen molar-refractivity contribution in [1.82, 2.24) is 34.9 Å². The number of urea groups is 1. The number of pyridine rings is 1. The molecule has 334 valence electrons. The number of nitrogens with one attached hydrogen (secondary N) is 1. The lowest BCUT2D eigenvalue weighted by atomic mass is 9.90. The molecule has 2 atom stereocenters. The van der Waals surface area contributed by atoms with E-state index in [1.807, 2.05) is 31.2 Å². The molecule has 0 spiro atoms. The van der Waals surface area contributed by atoms with E-state index in [9.17, 15) is 19.5 Å². The number of aromatic hydroxyl groups is 1. The molecule has 5 fully saturated rings. The van der Waals surface area contributed by atoms with Gasteiger partial charge in [-0.1, -0.05) is 18.2 Å². The van der Waals surface area contributed by atoms with E-state index in [4.69, 9.17) is 15.5 Å². The molecule has 5 aromatic rings. The molecule has 1 saturated carbocycles. The van der Waals surface area contributed by atoms with Crippen LogP contribution in [0.2, 0.25) is 0 Å². The minimum atomic E-state index is -3.04. The zero-order valence-electron chi connectivity index (χ0n) is 35.8. The summed E-state index contributed by atoms with van der Waals surface area (Å²) in [6, 6.07) is 15.8. The first-order valence-electron chi connectivity index (χ1n) is 22.3. The number of piperidine rings is 2. The third-order valence-corrected chi connectivity index (χ3v) is 13.8. The fraction of sp³-hybridized carbons (Fsp3) is 0.447. The van der Waals surface area contributed by atoms with E-state index >= 15 is 8.78 Å². The van der Waals surface area contributed by atoms with Crippen LogP contribution in [-0.2, 0) is 9.53 Å². The Morgan fingerprint density at radius 2 is 1.78 bits per heavy atom. The molecule has 0 radical (unpaired) electrons. The summed E-state index contributed by atoms with van der Waals surface area (Å²) in [6.45, 7) is 4.90. The molecule has 1 unspecified atom stereocenters. The van der Waals surface area contributed by atoms with Crippen molar-refractivity contribution < 1.29 is 33.0 Å². The number of nitrogen functional groups attached to an aromatic ring is 1. The molecule has 2 aromatic carbocycles. The third-order valence-electron chi connectivity index (χ3n) is 13.8. The van der Waals surface area contributed by atoms with Gasteiger partial charge in [-0.25, -0.2) is 18.6 Å². The van der Waals surface area contributed by atoms with Gasteiger partial charge in [0.15, 0.2) is 5.82 Å². The lowest BCUT2D eigenvalue weighted by Crippen LogP contribution is -2.54. The lowest BCUT2D eigenvalue weighted by Gasteiger charge is -2.42. The van der Waals surface area contributed by atoms with Crippen LogP contribution >= 0.6 is 0 Å². The summed E-state index contributed by atoms with van der Waals surface area (Å²) in [6.07, 6.45) is 7.82. The number of carbonyl (C=O) groups excluding carboxylic acids is 3. The molecule has 5 aliphatic rings. The van der Waals surface area contributed by atoms with Crippen LogP contribution in [0.5, 0.6) is 5.75 Å². The normalized spacial score (nSPS) is 22.3. The zero-order valence-corrected chi connectivity index (χ0v) is 35.8. The highest BCUT2D eigenvalue weighted by atomic mass is 19.3. The maximum Gasteiger partial charge on any atom is 0.328 e. The molecule has 0 bridgehead atoms. The number of amides is 4. The van der Waals surface area contributed by atoms with Gasteiger partial charge in [-0.15, -0.1) is 10.2 Å². The number of halogens is 2. The molecule has 4 amide bonds. The highest BCUT2D eigenvalue weighted by molar-refractivity contribution is 6.06. The number of hydrogen-bond acceptors (Lipinski definition) is 11. The minimum Gasteiger partial charge on any atom is -0.507 e. The Bertz CT molecular complexity index is 2630. The van der Waals surface area contributed by atoms with Crippen LogP contribution in [0.3, 0.4) is 0 Å². The number of nitrogens with two attached hydrogens (primary N) is 1. The Labute approximate surface area is 369 Å². The first-order valence-corrected chi connectivity index (χ1v) is 22.3. The van der Waals surface area contributed by atoms with Gasteiger partial charge >= 0.3 is 6.03 Å². The smallest absolute Gasteiger partial charge is 0.328 e. The summed E-state index contributed by atoms with van der Waals surface area (Å²) in [5.74, 6) is -3.79. The van der Waals surface area contributed by atoms with Crippen molar-refractivity contribution in [2.24, 2.45) is 5.92 Å². The minimum absolute atomic E-state index is 0.0897. The Hall–Kier alpha value is -6.20. The molecule has 4 N–H and O–H groups in total. The molecule has 17 heteroatoms. The van der Waals surface area contributed by atoms with E-state index in [1.54, 1.807) is 41.4 Å². The predicted octanol–water partition coefficient (Wildman–Crippen LogP) is 6.43. The Morgan fingerprint density at radius 3 is 2.53 bits per heavy atom. The largest absolute Gasteiger partial charge is 0.507 e. The predicted molar refractivity (Wildman–Crippen MR) is 237 cm³/mol. The van der Waals surface area contributed by atoms with Crippen LogP contribution in [0.1, 0.15) is 83.6 Å². The van der Waals surface area contributed by atoms with Crippen molar-refractivity contribution >= 4 is 46.1 Å². The fourth-order valence-electron chi connectivity index (χ4n) is 10.1. The number of ether oxygens (including phenoxy) is 1. The highest BCUT2D eigenvalue weighted by Gasteiger charge is 2.47. The summed E-state index contributed by atoms with van der Waals surface area (Å²) in [4.78, 5) is 50.0. The molecule has 3 aromatic heterocycles. The van der Waals surface area contributed by atoms with Gasteiger partial charge in [0.05, 0.1) is 36.4 Å². The number of aromatic nitrogens is 4. The molecule has 7 heterocycles. The third kappa shape index (κ3) is 8.10. The fourth-order valence-corrected chi connectivity index (χ4v) is 10.1. The maximum atomic E-state index is 16.0. The number of alkyl halides is 2. The van der Waals surface area contributed by atoms with Crippen LogP contribution in [0, 0.1) is 12.8 Å². The number of phenols is 1. The van der Waals surface area contributed by atoms with Gasteiger partial charge in [-0.2, -0.15) is 0 Å². The summed E-state index contributed by atoms with van der Waals surface area (Å²) in [5.41, 5.74) is 12.8. The van der Waals surface area contributed by atoms with Crippen LogP contribution < -0.4 is 20.9 Å². The number of carbonyl (C=O) groups is 3. The number of imide groups is 1. The maximum absolute atomic E-state index is 16.0. The summed E-state index contributed by atoms with van der Waals surface area (Å²) in [7, 11) is 0. The van der Waals surface area contributed by atoms with Crippen molar-refractivity contribution in [3.8, 4) is 17.0 Å². The second kappa shape index (κ2) is 16.7. The van der Waals surface area contributed by atoms with Crippen LogP contribution in [0.25, 0.3) is 22.3 Å². The number of aryl methyl sites for hydroxylation is 1. The Balaban J connectivity index is 0.752. The van der Waals surface area contributed by atoms with Gasteiger partial charge in [0, 0.05) is 86.9 Å². The number of morpholine rings is 1. The van der Waals surface area contributed by atoms with Gasteiger partial charge in [-0.3, -0.25) is 19.8 Å². The molecular weight excluding hydrogens is 823 g/mol. The molecule has 1 aliphatic carbocycles. The highest BCUT2D eigenvalue weighted by Crippen LogP contribution is 2.46. The number of anilines is 3. The quantitative estimate of drug-likeness (QED) is 0.149. The number of benzene rings is 2. The number of rotatable bonds is 9. The number of nitrogens with zero attached hydrogens (tertiary/aromatic N) is 8. The van der Waals surface area contributed by atoms with E-state index in [0.717, 1.165) is 47.8 Å². The summed E-state index contributed by atoms with van der Waals surface area (Å²) in [5, 5.41) is 22.2. The molecule has 64 heavy (non-hydrogen) atoms. The Kier molecular flexibility index (Phi) is 10.9. The monoisotopic (exact) mass is 874 g/mol. The second-order valence-corrected chi connectivity index (χ2v) is 18.0. The average Bonchev–Trinajstić information content (AvgIpc) is 4.07. The van der Waals surface area contributed by atoms with Crippen molar-refractivity contribution in [3.05, 3.63) is 89.2 Å². The topological polar surface area (TPSA) is 175 Å². The molecular formula is C47H52F2N10O5. The van der Waals surface area contributed by atoms with Crippen molar-refractivity contribution in [3.63, 3.8) is 0 Å². The van der Waals surface area contributed by atoms with Gasteiger partial charge in [0.1, 0.15) is 17.5 Å². The Morgan fingerprint density at radius 1 is 0.969 bits per heavy atom. The summed E-state index contributed by atoms with van der Waals surface area (Å²) < 4.78 is 40.4. The van der Waals surface area contributed by atoms with Crippen molar-refractivity contribution in [2.45, 2.75) is 69.4 Å². The molecule has 4 saturated heterocycles. The lowest BCUT2D eigenvalue weighted by molar-refractivity contribution is -0.120. The average molecular weight is 875 g/mol. The SMILES string of the molecule is Cc1cc(C(=O)N2CCC(CN3CCC(n4cc(C5CC5)c5cc(N6CCC(=O)NC6=O)cnc54)CC3)C(F)(F)C2)ccc1[C@@H]1CN(c2cc(-c3ccccc3O)nnc2N)CCO1. The van der Waals surface area contributed by atoms with E-state index in [-0.39, 0.29) is 55.6 Å². The number of likely N-dealkylation sites (tertiary alicyclic amines) is 2. The van der Waals surface area contributed by atoms with E-state index in [0.29, 0.717) is 73.4 Å². The van der Waals surface area contributed by atoms with Crippen LogP contribution in [-0.4, -0.2) is 117 Å². The van der Waals surface area contributed by atoms with Gasteiger partial charge in [0.2, 0.25) is 5.91 Å². The van der Waals surface area contributed by atoms with Gasteiger partial charge in [0.25, 0.3) is 11.8 Å². The van der Waals surface area contributed by atoms with Gasteiger partial charge in [-0.05, 0) is 98.0 Å². The first-order chi connectivity index (χ1) is 30.9. The standard InChI is InChI=1S/C47H52F2N10O5/c1-28-20-30(8-9-34(28)41-26-56(18-19-64-41)39-22-38(53-54-43(39)50)35-4-2-3-5-40(35)60)45(62)57-16-10-31(47(48,49)27-57)24-55-14-11-32(12-15-55)59-25-37(29-6-7-29)36-21-33(23-51-44(36)59)58-17-13-42(61)52-46(58)63/h2-5,8-9,20-23,25,29,31-32,41,60H,6-7,10-19,24,26-27H2,1H3,(H2,50,54)(H,52,61,63)/t31?,41-/m0/s1. The van der Waals surface area contributed by atoms with Crippen LogP contribution in [0.15, 0.2) is 67.0 Å². The number of phenolic OH excluding ortho intramolecular Hbond substituents is 1. The van der Waals surface area contributed by atoms with Crippen molar-refractivity contribution in [1.29, 1.82) is 0 Å². The van der Waals surface area contributed by atoms with Crippen molar-refractivity contribution in [2.75, 3.05) is 74.5 Å². The second-order valence-electron chi connectivity index (χ2n) is 18.0. The van der Waals surface area contributed by atoms with E-state index in [1.165, 1.54) is 10.5 Å². The van der Waals surface area contributed by atoms with Gasteiger partial charge < -0.3 is 34.8 Å². The number of fused-ring (bicyclic) bond motifs is 1. The molecule has 10 rings (SSSR count). The summed E-state index contributed by atoms with van der Waals surface area (Å²) >= 11 is 0. The molecule has 15 nitrogen and oxygen atoms in total.